The molecule has 220 valence electrons. The van der Waals surface area contributed by atoms with Crippen molar-refractivity contribution in [1.29, 1.82) is 0 Å². The Morgan fingerprint density at radius 1 is 1.12 bits per heavy atom. The Hall–Kier alpha value is -3.50. The predicted molar refractivity (Wildman–Crippen MR) is 160 cm³/mol. The van der Waals surface area contributed by atoms with Crippen molar-refractivity contribution in [1.82, 2.24) is 29.7 Å². The molecule has 0 aliphatic carbocycles. The van der Waals surface area contributed by atoms with Crippen LogP contribution in [-0.2, 0) is 13.0 Å². The first-order valence-electron chi connectivity index (χ1n) is 15.5. The summed E-state index contributed by atoms with van der Waals surface area (Å²) in [6.07, 6.45) is 6.73. The van der Waals surface area contributed by atoms with Crippen LogP contribution in [0.15, 0.2) is 36.7 Å². The summed E-state index contributed by atoms with van der Waals surface area (Å²) in [5.41, 5.74) is 3.32. The number of nitrogens with one attached hydrogen (secondary N) is 1. The zero-order valence-electron chi connectivity index (χ0n) is 24.1. The van der Waals surface area contributed by atoms with Crippen LogP contribution in [0.2, 0.25) is 0 Å². The first-order chi connectivity index (χ1) is 20.5. The lowest BCUT2D eigenvalue weighted by Crippen LogP contribution is -2.51. The number of anilines is 1. The Labute approximate surface area is 244 Å². The van der Waals surface area contributed by atoms with Crippen molar-refractivity contribution in [2.75, 3.05) is 37.7 Å². The van der Waals surface area contributed by atoms with E-state index in [1.807, 2.05) is 28.8 Å². The number of nitrogens with zero attached hydrogens (tertiary/aromatic N) is 6. The number of piperazine rings is 1. The van der Waals surface area contributed by atoms with E-state index >= 15 is 0 Å². The van der Waals surface area contributed by atoms with Gasteiger partial charge in [-0.2, -0.15) is 9.97 Å². The van der Waals surface area contributed by atoms with E-state index in [9.17, 15) is 9.50 Å². The molecule has 8 rings (SSSR count). The molecular formula is C32H38FN7O2. The summed E-state index contributed by atoms with van der Waals surface area (Å²) in [6.45, 7) is 6.18. The third-order valence-electron chi connectivity index (χ3n) is 10.0. The first-order valence-corrected chi connectivity index (χ1v) is 15.5. The van der Waals surface area contributed by atoms with Crippen molar-refractivity contribution < 1.29 is 14.2 Å². The van der Waals surface area contributed by atoms with Crippen LogP contribution < -0.4 is 15.0 Å². The second kappa shape index (κ2) is 10.1. The van der Waals surface area contributed by atoms with E-state index in [4.69, 9.17) is 19.7 Å². The van der Waals surface area contributed by atoms with E-state index in [0.717, 1.165) is 68.1 Å². The monoisotopic (exact) mass is 571 g/mol. The number of aryl methyl sites for hydroxylation is 1. The SMILES string of the molecule is CCc1cccc2cc(O)cc(Cn3cnc4c(OC[C@@]56CCCN5C[C@H](F)C6)nc(N5C[C@H]6CC[C@@H](C5)N6)nc43)c12. The highest BCUT2D eigenvalue weighted by Crippen LogP contribution is 2.41. The van der Waals surface area contributed by atoms with E-state index in [-0.39, 0.29) is 11.3 Å². The Bertz CT molecular complexity index is 1650. The van der Waals surface area contributed by atoms with Crippen molar-refractivity contribution in [3.8, 4) is 11.6 Å². The summed E-state index contributed by atoms with van der Waals surface area (Å²) < 4.78 is 23.1. The smallest absolute Gasteiger partial charge is 0.247 e. The Morgan fingerprint density at radius 3 is 2.81 bits per heavy atom. The first kappa shape index (κ1) is 26.2. The normalized spacial score (nSPS) is 27.4. The van der Waals surface area contributed by atoms with Gasteiger partial charge in [0.05, 0.1) is 18.4 Å². The number of alkyl halides is 1. The fraction of sp³-hybridized carbons (Fsp3) is 0.531. The van der Waals surface area contributed by atoms with Gasteiger partial charge in [0.25, 0.3) is 0 Å². The number of halogens is 1. The molecular weight excluding hydrogens is 533 g/mol. The van der Waals surface area contributed by atoms with Crippen LogP contribution in [0.4, 0.5) is 10.3 Å². The molecule has 4 saturated heterocycles. The molecule has 2 bridgehead atoms. The number of fused-ring (bicyclic) bond motifs is 5. The maximum Gasteiger partial charge on any atom is 0.247 e. The standard InChI is InChI=1S/C32H38FN7O2/c1-2-20-5-3-6-21-11-26(41)12-22(27(20)21)14-39-19-34-28-29(39)36-31(38-16-24-7-8-25(17-38)35-24)37-30(28)42-18-32-9-4-10-40(32)15-23(33)13-32/h3,5-6,11-12,19,23-25,35,41H,2,4,7-10,13-18H2,1H3/t23-,24-,25+,32+/m1/s1. The fourth-order valence-corrected chi connectivity index (χ4v) is 8.06. The highest BCUT2D eigenvalue weighted by Gasteiger charge is 2.49. The van der Waals surface area contributed by atoms with Gasteiger partial charge in [-0.25, -0.2) is 9.37 Å². The number of imidazole rings is 1. The second-order valence-corrected chi connectivity index (χ2v) is 12.8. The molecule has 4 aromatic rings. The largest absolute Gasteiger partial charge is 0.508 e. The number of aromatic nitrogens is 4. The second-order valence-electron chi connectivity index (χ2n) is 12.8. The molecule has 4 fully saturated rings. The minimum atomic E-state index is -0.810. The van der Waals surface area contributed by atoms with Crippen LogP contribution in [0.1, 0.15) is 50.2 Å². The molecule has 2 N–H and O–H groups in total. The van der Waals surface area contributed by atoms with E-state index < -0.39 is 6.17 Å². The van der Waals surface area contributed by atoms with Gasteiger partial charge in [0, 0.05) is 38.1 Å². The van der Waals surface area contributed by atoms with Gasteiger partial charge < -0.3 is 24.6 Å². The summed E-state index contributed by atoms with van der Waals surface area (Å²) in [5.74, 6) is 1.37. The molecule has 2 aromatic carbocycles. The number of aromatic hydroxyl groups is 1. The summed E-state index contributed by atoms with van der Waals surface area (Å²) in [6, 6.07) is 10.8. The lowest BCUT2D eigenvalue weighted by molar-refractivity contribution is 0.111. The molecule has 6 heterocycles. The number of phenolic OH excluding ortho intramolecular Hbond substituents is 1. The van der Waals surface area contributed by atoms with Crippen molar-refractivity contribution in [2.24, 2.45) is 0 Å². The highest BCUT2D eigenvalue weighted by molar-refractivity contribution is 5.90. The van der Waals surface area contributed by atoms with Gasteiger partial charge in [-0.05, 0) is 72.7 Å². The molecule has 2 aromatic heterocycles. The molecule has 4 atom stereocenters. The lowest BCUT2D eigenvalue weighted by atomic mass is 9.95. The Kier molecular flexibility index (Phi) is 6.26. The van der Waals surface area contributed by atoms with E-state index in [1.54, 1.807) is 6.33 Å². The summed E-state index contributed by atoms with van der Waals surface area (Å²) in [4.78, 5) is 19.4. The van der Waals surface area contributed by atoms with E-state index in [2.05, 4.69) is 28.1 Å². The molecule has 4 aliphatic rings. The predicted octanol–water partition coefficient (Wildman–Crippen LogP) is 4.19. The number of hydrogen-bond acceptors (Lipinski definition) is 8. The molecule has 0 spiro atoms. The molecule has 0 radical (unpaired) electrons. The van der Waals surface area contributed by atoms with Crippen LogP contribution in [0.25, 0.3) is 21.9 Å². The summed E-state index contributed by atoms with van der Waals surface area (Å²) in [7, 11) is 0. The van der Waals surface area contributed by atoms with Crippen molar-refractivity contribution >= 4 is 27.9 Å². The van der Waals surface area contributed by atoms with Gasteiger partial charge in [-0.15, -0.1) is 0 Å². The van der Waals surface area contributed by atoms with E-state index in [0.29, 0.717) is 61.2 Å². The topological polar surface area (TPSA) is 91.6 Å². The highest BCUT2D eigenvalue weighted by atomic mass is 19.1. The van der Waals surface area contributed by atoms with Crippen LogP contribution in [0.5, 0.6) is 11.6 Å². The number of hydrogen-bond donors (Lipinski definition) is 2. The van der Waals surface area contributed by atoms with Crippen molar-refractivity contribution in [3.05, 3.63) is 47.8 Å². The number of phenols is 1. The minimum Gasteiger partial charge on any atom is -0.508 e. The van der Waals surface area contributed by atoms with Gasteiger partial charge in [0.2, 0.25) is 11.8 Å². The van der Waals surface area contributed by atoms with Crippen LogP contribution in [-0.4, -0.2) is 86.1 Å². The summed E-state index contributed by atoms with van der Waals surface area (Å²) in [5, 5.41) is 16.5. The van der Waals surface area contributed by atoms with Gasteiger partial charge in [0.1, 0.15) is 18.5 Å². The van der Waals surface area contributed by atoms with Gasteiger partial charge in [0.15, 0.2) is 11.2 Å². The molecule has 42 heavy (non-hydrogen) atoms. The Balaban J connectivity index is 1.20. The van der Waals surface area contributed by atoms with Crippen molar-refractivity contribution in [3.63, 3.8) is 0 Å². The number of rotatable bonds is 7. The molecule has 0 unspecified atom stereocenters. The minimum absolute atomic E-state index is 0.244. The zero-order valence-corrected chi connectivity index (χ0v) is 24.1. The van der Waals surface area contributed by atoms with Gasteiger partial charge >= 0.3 is 0 Å². The molecule has 0 saturated carbocycles. The third kappa shape index (κ3) is 4.38. The zero-order chi connectivity index (χ0) is 28.4. The number of benzene rings is 2. The van der Waals surface area contributed by atoms with Gasteiger partial charge in [-0.3, -0.25) is 4.90 Å². The Morgan fingerprint density at radius 2 is 1.98 bits per heavy atom. The molecule has 10 heteroatoms. The molecule has 9 nitrogen and oxygen atoms in total. The fourth-order valence-electron chi connectivity index (χ4n) is 8.06. The average molecular weight is 572 g/mol. The molecule has 4 aliphatic heterocycles. The maximum atomic E-state index is 14.5. The summed E-state index contributed by atoms with van der Waals surface area (Å²) >= 11 is 0. The maximum absolute atomic E-state index is 14.5. The third-order valence-corrected chi connectivity index (χ3v) is 10.0. The van der Waals surface area contributed by atoms with Crippen LogP contribution >= 0.6 is 0 Å². The average Bonchev–Trinajstić information content (AvgIpc) is 3.73. The van der Waals surface area contributed by atoms with Crippen molar-refractivity contribution in [2.45, 2.75) is 75.8 Å². The van der Waals surface area contributed by atoms with Crippen LogP contribution in [0.3, 0.4) is 0 Å². The quantitative estimate of drug-likeness (QED) is 0.341. The molecule has 0 amide bonds. The number of ether oxygens (including phenoxy) is 1. The van der Waals surface area contributed by atoms with Gasteiger partial charge in [-0.1, -0.05) is 25.1 Å². The van der Waals surface area contributed by atoms with Crippen LogP contribution in [0, 0.1) is 0 Å². The lowest BCUT2D eigenvalue weighted by Gasteiger charge is -2.33. The van der Waals surface area contributed by atoms with E-state index in [1.165, 1.54) is 5.56 Å².